The Hall–Kier alpha value is -1.49. The Bertz CT molecular complexity index is 420. The number of para-hydroxylation sites is 1. The number of rotatable bonds is 5. The molecular weight excluding hydrogens is 238 g/mol. The van der Waals surface area contributed by atoms with E-state index >= 15 is 0 Å². The molecule has 5 heteroatoms. The second-order valence-corrected chi connectivity index (χ2v) is 4.98. The maximum Gasteiger partial charge on any atom is 0.316 e. The number of thioether (sulfide) groups is 1. The van der Waals surface area contributed by atoms with Gasteiger partial charge in [0.1, 0.15) is 0 Å². The first-order valence-electron chi connectivity index (χ1n) is 5.20. The summed E-state index contributed by atoms with van der Waals surface area (Å²) >= 11 is 1.11. The average Bonchev–Trinajstić information content (AvgIpc) is 2.29. The lowest BCUT2D eigenvalue weighted by molar-refractivity contribution is -0.136. The fraction of sp³-hybridized carbons (Fsp3) is 0.333. The van der Waals surface area contributed by atoms with Crippen molar-refractivity contribution in [1.29, 1.82) is 0 Å². The molecule has 1 atom stereocenters. The Kier molecular flexibility index (Phi) is 5.03. The van der Waals surface area contributed by atoms with Crippen molar-refractivity contribution in [1.82, 2.24) is 0 Å². The monoisotopic (exact) mass is 253 g/mol. The van der Waals surface area contributed by atoms with E-state index in [1.807, 2.05) is 31.2 Å². The van der Waals surface area contributed by atoms with E-state index < -0.39 is 11.2 Å². The third-order valence-electron chi connectivity index (χ3n) is 2.23. The Morgan fingerprint density at radius 3 is 2.65 bits per heavy atom. The van der Waals surface area contributed by atoms with Crippen molar-refractivity contribution in [3.63, 3.8) is 0 Å². The fourth-order valence-corrected chi connectivity index (χ4v) is 1.79. The molecule has 17 heavy (non-hydrogen) atoms. The van der Waals surface area contributed by atoms with E-state index in [9.17, 15) is 9.59 Å². The van der Waals surface area contributed by atoms with Crippen LogP contribution in [0.15, 0.2) is 24.3 Å². The molecule has 0 spiro atoms. The fourth-order valence-electron chi connectivity index (χ4n) is 1.17. The van der Waals surface area contributed by atoms with Crippen molar-refractivity contribution in [2.75, 3.05) is 11.1 Å². The zero-order valence-electron chi connectivity index (χ0n) is 9.77. The van der Waals surface area contributed by atoms with Gasteiger partial charge in [0.05, 0.1) is 11.0 Å². The lowest BCUT2D eigenvalue weighted by Gasteiger charge is -2.09. The summed E-state index contributed by atoms with van der Waals surface area (Å²) in [6.45, 7) is 3.47. The third-order valence-corrected chi connectivity index (χ3v) is 3.36. The topological polar surface area (TPSA) is 66.4 Å². The molecule has 0 aliphatic carbocycles. The van der Waals surface area contributed by atoms with Gasteiger partial charge in [-0.15, -0.1) is 11.8 Å². The predicted molar refractivity (Wildman–Crippen MR) is 69.4 cm³/mol. The molecule has 0 aromatic heterocycles. The summed E-state index contributed by atoms with van der Waals surface area (Å²) in [6, 6.07) is 7.46. The summed E-state index contributed by atoms with van der Waals surface area (Å²) in [6.07, 6.45) is 0. The second kappa shape index (κ2) is 6.30. The molecule has 0 heterocycles. The van der Waals surface area contributed by atoms with Crippen LogP contribution in [0.4, 0.5) is 5.69 Å². The minimum Gasteiger partial charge on any atom is -0.480 e. The highest BCUT2D eigenvalue weighted by Crippen LogP contribution is 2.15. The van der Waals surface area contributed by atoms with Gasteiger partial charge in [0, 0.05) is 5.69 Å². The van der Waals surface area contributed by atoms with Gasteiger partial charge in [-0.2, -0.15) is 0 Å². The summed E-state index contributed by atoms with van der Waals surface area (Å²) in [5.74, 6) is -0.946. The first-order valence-corrected chi connectivity index (χ1v) is 6.25. The van der Waals surface area contributed by atoms with Gasteiger partial charge in [0.25, 0.3) is 0 Å². The van der Waals surface area contributed by atoms with Gasteiger partial charge in [-0.1, -0.05) is 18.2 Å². The van der Waals surface area contributed by atoms with Crippen LogP contribution in [0.2, 0.25) is 0 Å². The van der Waals surface area contributed by atoms with Crippen LogP contribution in [-0.4, -0.2) is 28.0 Å². The third kappa shape index (κ3) is 4.48. The highest BCUT2D eigenvalue weighted by molar-refractivity contribution is 8.01. The number of amides is 1. The molecule has 0 aliphatic rings. The van der Waals surface area contributed by atoms with Crippen molar-refractivity contribution in [3.8, 4) is 0 Å². The van der Waals surface area contributed by atoms with Gasteiger partial charge in [-0.25, -0.2) is 0 Å². The molecule has 0 saturated carbocycles. The van der Waals surface area contributed by atoms with Gasteiger partial charge in [0.2, 0.25) is 5.91 Å². The van der Waals surface area contributed by atoms with Crippen LogP contribution < -0.4 is 5.32 Å². The van der Waals surface area contributed by atoms with Crippen LogP contribution in [0.25, 0.3) is 0 Å². The van der Waals surface area contributed by atoms with Crippen LogP contribution >= 0.6 is 11.8 Å². The number of carbonyl (C=O) groups excluding carboxylic acids is 1. The van der Waals surface area contributed by atoms with E-state index in [2.05, 4.69) is 5.32 Å². The molecule has 1 rings (SSSR count). The number of carbonyl (C=O) groups is 2. The van der Waals surface area contributed by atoms with Gasteiger partial charge in [-0.3, -0.25) is 9.59 Å². The molecule has 0 fully saturated rings. The Morgan fingerprint density at radius 2 is 2.06 bits per heavy atom. The van der Waals surface area contributed by atoms with Gasteiger partial charge < -0.3 is 10.4 Å². The number of nitrogens with one attached hydrogen (secondary N) is 1. The number of hydrogen-bond donors (Lipinski definition) is 2. The molecule has 1 amide bonds. The molecule has 0 aliphatic heterocycles. The largest absolute Gasteiger partial charge is 0.480 e. The standard InChI is InChI=1S/C12H15NO3S/c1-8-5-3-4-6-10(8)13-11(14)7-17-9(2)12(15)16/h3-6,9H,7H2,1-2H3,(H,13,14)(H,15,16). The van der Waals surface area contributed by atoms with Gasteiger partial charge >= 0.3 is 5.97 Å². The quantitative estimate of drug-likeness (QED) is 0.843. The van der Waals surface area contributed by atoms with Crippen molar-refractivity contribution in [2.45, 2.75) is 19.1 Å². The minimum absolute atomic E-state index is 0.141. The molecule has 4 nitrogen and oxygen atoms in total. The lowest BCUT2D eigenvalue weighted by Crippen LogP contribution is -2.19. The maximum atomic E-state index is 11.6. The van der Waals surface area contributed by atoms with E-state index in [-0.39, 0.29) is 11.7 Å². The summed E-state index contributed by atoms with van der Waals surface area (Å²) in [5, 5.41) is 10.9. The molecular formula is C12H15NO3S. The van der Waals surface area contributed by atoms with Crippen molar-refractivity contribution in [3.05, 3.63) is 29.8 Å². The molecule has 0 saturated heterocycles. The van der Waals surface area contributed by atoms with Gasteiger partial charge in [-0.05, 0) is 25.5 Å². The highest BCUT2D eigenvalue weighted by atomic mass is 32.2. The van der Waals surface area contributed by atoms with Crippen molar-refractivity contribution < 1.29 is 14.7 Å². The number of hydrogen-bond acceptors (Lipinski definition) is 3. The Labute approximate surface area is 104 Å². The van der Waals surface area contributed by atoms with E-state index in [0.29, 0.717) is 0 Å². The Morgan fingerprint density at radius 1 is 1.41 bits per heavy atom. The molecule has 92 valence electrons. The summed E-state index contributed by atoms with van der Waals surface area (Å²) < 4.78 is 0. The highest BCUT2D eigenvalue weighted by Gasteiger charge is 2.13. The first-order chi connectivity index (χ1) is 8.00. The number of benzene rings is 1. The molecule has 1 unspecified atom stereocenters. The number of anilines is 1. The van der Waals surface area contributed by atoms with E-state index in [4.69, 9.17) is 5.11 Å². The predicted octanol–water partition coefficient (Wildman–Crippen LogP) is 2.14. The zero-order valence-corrected chi connectivity index (χ0v) is 10.6. The number of aliphatic carboxylic acids is 1. The van der Waals surface area contributed by atoms with Crippen LogP contribution in [0.5, 0.6) is 0 Å². The summed E-state index contributed by atoms with van der Waals surface area (Å²) in [5.41, 5.74) is 1.75. The second-order valence-electron chi connectivity index (χ2n) is 3.65. The molecule has 0 radical (unpaired) electrons. The zero-order chi connectivity index (χ0) is 12.8. The van der Waals surface area contributed by atoms with Crippen LogP contribution in [0, 0.1) is 6.92 Å². The van der Waals surface area contributed by atoms with Crippen LogP contribution in [-0.2, 0) is 9.59 Å². The van der Waals surface area contributed by atoms with Crippen LogP contribution in [0.3, 0.4) is 0 Å². The van der Waals surface area contributed by atoms with Gasteiger partial charge in [0.15, 0.2) is 0 Å². The maximum absolute atomic E-state index is 11.6. The van der Waals surface area contributed by atoms with Crippen LogP contribution in [0.1, 0.15) is 12.5 Å². The molecule has 2 N–H and O–H groups in total. The van der Waals surface area contributed by atoms with E-state index in [1.54, 1.807) is 6.92 Å². The molecule has 1 aromatic carbocycles. The van der Waals surface area contributed by atoms with E-state index in [1.165, 1.54) is 0 Å². The molecule has 0 bridgehead atoms. The summed E-state index contributed by atoms with van der Waals surface area (Å²) in [7, 11) is 0. The average molecular weight is 253 g/mol. The van der Waals surface area contributed by atoms with Crippen molar-refractivity contribution in [2.24, 2.45) is 0 Å². The number of carboxylic acid groups (broad SMARTS) is 1. The number of aryl methyl sites for hydroxylation is 1. The number of carboxylic acids is 1. The minimum atomic E-state index is -0.904. The van der Waals surface area contributed by atoms with Crippen molar-refractivity contribution >= 4 is 29.3 Å². The van der Waals surface area contributed by atoms with E-state index in [0.717, 1.165) is 23.0 Å². The normalized spacial score (nSPS) is 11.9. The summed E-state index contributed by atoms with van der Waals surface area (Å²) in [4.78, 5) is 22.1. The lowest BCUT2D eigenvalue weighted by atomic mass is 10.2. The molecule has 1 aromatic rings. The smallest absolute Gasteiger partial charge is 0.316 e. The Balaban J connectivity index is 2.46. The first kappa shape index (κ1) is 13.6. The SMILES string of the molecule is Cc1ccccc1NC(=O)CSC(C)C(=O)O.